The van der Waals surface area contributed by atoms with Crippen molar-refractivity contribution in [2.75, 3.05) is 0 Å². The van der Waals surface area contributed by atoms with Crippen LogP contribution in [0.2, 0.25) is 0 Å². The van der Waals surface area contributed by atoms with E-state index in [1.807, 2.05) is 68.4 Å². The average Bonchev–Trinajstić information content (AvgIpc) is 2.63. The highest BCUT2D eigenvalue weighted by Crippen LogP contribution is 2.35. The molecule has 0 aliphatic carbocycles. The Balaban J connectivity index is 2.41. The molecule has 2 heteroatoms. The van der Waals surface area contributed by atoms with E-state index in [2.05, 4.69) is 0 Å². The molecule has 0 radical (unpaired) electrons. The Morgan fingerprint density at radius 3 is 2.00 bits per heavy atom. The molecule has 0 amide bonds. The second-order valence-corrected chi connectivity index (χ2v) is 7.18. The van der Waals surface area contributed by atoms with Crippen LogP contribution in [-0.2, 0) is 14.1 Å². The fraction of sp³-hybridized carbons (Fsp3) is 0.333. The summed E-state index contributed by atoms with van der Waals surface area (Å²) in [6.45, 7) is 3.18. The molecule has 0 saturated heterocycles. The summed E-state index contributed by atoms with van der Waals surface area (Å²) in [6.07, 6.45) is 3.63. The van der Waals surface area contributed by atoms with Gasteiger partial charge in [0.25, 0.3) is 0 Å². The molecule has 3 aromatic rings. The average molecular weight is 353 g/mol. The molecule has 26 heavy (non-hydrogen) atoms. The van der Waals surface area contributed by atoms with Crippen LogP contribution in [0.15, 0.2) is 36.7 Å². The summed E-state index contributed by atoms with van der Waals surface area (Å²) < 4.78 is 51.7. The molecule has 2 aromatic heterocycles. The van der Waals surface area contributed by atoms with Crippen molar-refractivity contribution in [1.82, 2.24) is 0 Å². The van der Waals surface area contributed by atoms with Gasteiger partial charge in [-0.1, -0.05) is 6.07 Å². The van der Waals surface area contributed by atoms with E-state index in [1.54, 1.807) is 19.2 Å². The first-order chi connectivity index (χ1) is 14.6. The zero-order valence-electron chi connectivity index (χ0n) is 22.4. The minimum Gasteiger partial charge on any atom is -0.201 e. The molecule has 0 N–H and O–H groups in total. The molecule has 2 nitrogen and oxygen atoms in total. The normalized spacial score (nSPS) is 15.5. The summed E-state index contributed by atoms with van der Waals surface area (Å²) in [7, 11) is 3.74. The quantitative estimate of drug-likeness (QED) is 0.599. The number of rotatable bonds is 2. The van der Waals surface area contributed by atoms with E-state index in [0.29, 0.717) is 22.3 Å². The van der Waals surface area contributed by atoms with Crippen LogP contribution < -0.4 is 9.13 Å². The van der Waals surface area contributed by atoms with E-state index in [4.69, 9.17) is 8.22 Å². The molecule has 0 aliphatic heterocycles. The largest absolute Gasteiger partial charge is 0.213 e. The first-order valence-electron chi connectivity index (χ1n) is 11.8. The lowest BCUT2D eigenvalue weighted by Gasteiger charge is -2.16. The highest BCUT2D eigenvalue weighted by atomic mass is 14.9. The van der Waals surface area contributed by atoms with Crippen molar-refractivity contribution in [3.8, 4) is 22.5 Å². The van der Waals surface area contributed by atoms with E-state index in [0.717, 1.165) is 33.6 Å². The highest BCUT2D eigenvalue weighted by Gasteiger charge is 2.23. The van der Waals surface area contributed by atoms with Gasteiger partial charge in [0.2, 0.25) is 11.4 Å². The molecule has 2 heterocycles. The topological polar surface area (TPSA) is 7.76 Å². The van der Waals surface area contributed by atoms with Crippen molar-refractivity contribution in [3.63, 3.8) is 0 Å². The van der Waals surface area contributed by atoms with Gasteiger partial charge in [-0.3, -0.25) is 0 Å². The van der Waals surface area contributed by atoms with Gasteiger partial charge in [-0.05, 0) is 69.7 Å². The van der Waals surface area contributed by atoms with E-state index in [9.17, 15) is 0 Å². The summed E-state index contributed by atoms with van der Waals surface area (Å²) >= 11 is 0. The van der Waals surface area contributed by atoms with Crippen molar-refractivity contribution >= 4 is 0 Å². The number of nitrogens with zero attached hydrogens (tertiary/aromatic N) is 2. The molecule has 134 valence electrons. The van der Waals surface area contributed by atoms with Crippen LogP contribution in [0.3, 0.4) is 0 Å². The van der Waals surface area contributed by atoms with E-state index in [-0.39, 0.29) is 0 Å². The van der Waals surface area contributed by atoms with Gasteiger partial charge in [0.05, 0.1) is 11.1 Å². The zero-order valence-corrected chi connectivity index (χ0v) is 16.4. The number of pyridine rings is 2. The summed E-state index contributed by atoms with van der Waals surface area (Å²) in [5.41, 5.74) is 7.34. The summed E-state index contributed by atoms with van der Waals surface area (Å²) in [5.74, 6) is 0. The Kier molecular flexibility index (Phi) is 3.08. The van der Waals surface area contributed by atoms with E-state index >= 15 is 0 Å². The minimum atomic E-state index is -2.27. The smallest absolute Gasteiger partial charge is 0.201 e. The fourth-order valence-electron chi connectivity index (χ4n) is 3.71. The Morgan fingerprint density at radius 1 is 0.692 bits per heavy atom. The van der Waals surface area contributed by atoms with E-state index in [1.165, 1.54) is 0 Å². The summed E-state index contributed by atoms with van der Waals surface area (Å²) in [5, 5.41) is 0. The second kappa shape index (κ2) is 6.68. The molecule has 0 atom stereocenters. The standard InChI is InChI=1S/C24H30N2/c1-15-9-10-21(25(7)13-15)23-17(3)11-18(4)24(20(23)6)22-12-16(2)19(5)14-26(22)8/h9-14H,1-8H3/q+2/i3D3,5D3. The predicted molar refractivity (Wildman–Crippen MR) is 108 cm³/mol. The van der Waals surface area contributed by atoms with Crippen LogP contribution in [-0.4, -0.2) is 0 Å². The SMILES string of the molecule is [2H]C([2H])([2H])c1c[n+](C)c(-c2c(C)cc(C([2H])([2H])[2H])c(-c3ccc(C)c[n+]3C)c2C)cc1C. The monoisotopic (exact) mass is 352 g/mol. The molecule has 0 bridgehead atoms. The van der Waals surface area contributed by atoms with Crippen LogP contribution in [0.1, 0.15) is 41.6 Å². The molecular weight excluding hydrogens is 316 g/mol. The van der Waals surface area contributed by atoms with Crippen molar-refractivity contribution in [2.24, 2.45) is 14.1 Å². The molecule has 0 saturated carbocycles. The van der Waals surface area contributed by atoms with Gasteiger partial charge >= 0.3 is 0 Å². The number of benzene rings is 1. The molecular formula is C24H30N2+2. The first kappa shape index (κ1) is 12.0. The van der Waals surface area contributed by atoms with Crippen LogP contribution in [0.4, 0.5) is 0 Å². The second-order valence-electron chi connectivity index (χ2n) is 7.18. The van der Waals surface area contributed by atoms with Gasteiger partial charge in [0.15, 0.2) is 12.4 Å². The number of aryl methyl sites for hydroxylation is 7. The van der Waals surface area contributed by atoms with Gasteiger partial charge in [0, 0.05) is 31.5 Å². The minimum absolute atomic E-state index is 0.309. The number of hydrogen-bond acceptors (Lipinski definition) is 0. The van der Waals surface area contributed by atoms with E-state index < -0.39 is 13.7 Å². The fourth-order valence-corrected chi connectivity index (χ4v) is 3.71. The van der Waals surface area contributed by atoms with Crippen LogP contribution in [0, 0.1) is 41.4 Å². The summed E-state index contributed by atoms with van der Waals surface area (Å²) in [6, 6.07) is 7.56. The molecule has 0 aliphatic rings. The van der Waals surface area contributed by atoms with Gasteiger partial charge in [0.1, 0.15) is 14.1 Å². The third-order valence-corrected chi connectivity index (χ3v) is 5.05. The third-order valence-electron chi connectivity index (χ3n) is 5.05. The summed E-state index contributed by atoms with van der Waals surface area (Å²) in [4.78, 5) is 0. The van der Waals surface area contributed by atoms with Crippen LogP contribution in [0.25, 0.3) is 22.5 Å². The lowest BCUT2D eigenvalue weighted by atomic mass is 9.89. The van der Waals surface area contributed by atoms with Gasteiger partial charge in [-0.15, -0.1) is 0 Å². The Bertz CT molecular complexity index is 1210. The number of hydrogen-bond donors (Lipinski definition) is 0. The maximum absolute atomic E-state index is 8.17. The van der Waals surface area contributed by atoms with Gasteiger partial charge < -0.3 is 0 Å². The first-order valence-corrected chi connectivity index (χ1v) is 8.75. The van der Waals surface area contributed by atoms with Crippen LogP contribution in [0.5, 0.6) is 0 Å². The Hall–Kier alpha value is -2.48. The molecule has 3 rings (SSSR count). The van der Waals surface area contributed by atoms with Crippen molar-refractivity contribution in [1.29, 1.82) is 0 Å². The van der Waals surface area contributed by atoms with Crippen molar-refractivity contribution in [2.45, 2.75) is 41.4 Å². The van der Waals surface area contributed by atoms with Gasteiger partial charge in [-0.25, -0.2) is 9.13 Å². The van der Waals surface area contributed by atoms with Crippen LogP contribution >= 0.6 is 0 Å². The third kappa shape index (κ3) is 3.05. The lowest BCUT2D eigenvalue weighted by Crippen LogP contribution is -2.33. The van der Waals surface area contributed by atoms with Crippen molar-refractivity contribution < 1.29 is 17.4 Å². The van der Waals surface area contributed by atoms with Crippen molar-refractivity contribution in [3.05, 3.63) is 70.0 Å². The highest BCUT2D eigenvalue weighted by molar-refractivity contribution is 5.78. The molecule has 0 fully saturated rings. The predicted octanol–water partition coefficient (Wildman–Crippen LogP) is 4.52. The maximum Gasteiger partial charge on any atom is 0.213 e. The maximum atomic E-state index is 8.17. The molecule has 1 aromatic carbocycles. The number of aromatic nitrogens is 2. The Morgan fingerprint density at radius 2 is 1.35 bits per heavy atom. The lowest BCUT2D eigenvalue weighted by molar-refractivity contribution is -0.661. The molecule has 0 unspecified atom stereocenters. The zero-order chi connectivity index (χ0) is 24.2. The Labute approximate surface area is 166 Å². The molecule has 0 spiro atoms. The van der Waals surface area contributed by atoms with Gasteiger partial charge in [-0.2, -0.15) is 0 Å².